The van der Waals surface area contributed by atoms with Gasteiger partial charge in [-0.2, -0.15) is 5.10 Å². The van der Waals surface area contributed by atoms with Gasteiger partial charge >= 0.3 is 0 Å². The van der Waals surface area contributed by atoms with Gasteiger partial charge in [-0.3, -0.25) is 4.68 Å². The van der Waals surface area contributed by atoms with E-state index in [1.54, 1.807) is 0 Å². The highest BCUT2D eigenvalue weighted by atomic mass is 15.3. The van der Waals surface area contributed by atoms with Crippen molar-refractivity contribution in [2.24, 2.45) is 14.1 Å². The Morgan fingerprint density at radius 1 is 0.828 bits per heavy atom. The van der Waals surface area contributed by atoms with E-state index < -0.39 is 0 Å². The minimum atomic E-state index is -0.139. The van der Waals surface area contributed by atoms with E-state index in [1.807, 2.05) is 11.7 Å². The Balaban J connectivity index is 2.06. The molecule has 2 heterocycles. The van der Waals surface area contributed by atoms with Gasteiger partial charge in [0, 0.05) is 42.0 Å². The predicted molar refractivity (Wildman–Crippen MR) is 124 cm³/mol. The van der Waals surface area contributed by atoms with Gasteiger partial charge in [-0.25, -0.2) is 0 Å². The van der Waals surface area contributed by atoms with Crippen LogP contribution in [0.25, 0.3) is 21.8 Å². The monoisotopic (exact) mass is 387 g/mol. The fourth-order valence-corrected chi connectivity index (χ4v) is 4.89. The highest BCUT2D eigenvalue weighted by Crippen LogP contribution is 2.42. The van der Waals surface area contributed by atoms with E-state index in [2.05, 4.69) is 96.6 Å². The van der Waals surface area contributed by atoms with Gasteiger partial charge in [0.2, 0.25) is 0 Å². The molecule has 0 atom stereocenters. The van der Waals surface area contributed by atoms with E-state index in [0.29, 0.717) is 0 Å². The van der Waals surface area contributed by atoms with Crippen LogP contribution in [0.4, 0.5) is 0 Å². The van der Waals surface area contributed by atoms with Crippen LogP contribution in [0.15, 0.2) is 36.5 Å². The van der Waals surface area contributed by atoms with Crippen molar-refractivity contribution in [3.63, 3.8) is 0 Å². The van der Waals surface area contributed by atoms with Crippen LogP contribution in [-0.2, 0) is 24.9 Å². The first kappa shape index (κ1) is 19.8. The molecule has 0 fully saturated rings. The molecule has 0 aliphatic carbocycles. The molecule has 152 valence electrons. The molecule has 0 radical (unpaired) electrons. The molecule has 0 saturated heterocycles. The topological polar surface area (TPSA) is 22.8 Å². The summed E-state index contributed by atoms with van der Waals surface area (Å²) in [6.07, 6.45) is 2.25. The third-order valence-electron chi connectivity index (χ3n) is 6.54. The van der Waals surface area contributed by atoms with Gasteiger partial charge in [-0.05, 0) is 53.6 Å². The molecule has 0 saturated carbocycles. The van der Waals surface area contributed by atoms with Gasteiger partial charge in [0.1, 0.15) is 0 Å². The zero-order valence-electron chi connectivity index (χ0n) is 19.3. The molecule has 3 heteroatoms. The molecule has 0 N–H and O–H groups in total. The van der Waals surface area contributed by atoms with Gasteiger partial charge in [0.05, 0.1) is 11.2 Å². The average Bonchev–Trinajstić information content (AvgIpc) is 3.09. The standard InChI is InChI=1S/C26H33N3/c1-16-15-28(8)22-14-18(13-20(23(16)22)25(3,4)5)26(6,7)19-11-10-12-21-24(19)17(2)27-29(21)9/h10-15H,1-9H3. The fourth-order valence-electron chi connectivity index (χ4n) is 4.89. The highest BCUT2D eigenvalue weighted by molar-refractivity contribution is 5.90. The third-order valence-corrected chi connectivity index (χ3v) is 6.54. The molecule has 0 amide bonds. The Bertz CT molecular complexity index is 1240. The fraction of sp³-hybridized carbons (Fsp3) is 0.423. The molecule has 0 aliphatic rings. The number of aryl methyl sites for hydroxylation is 4. The van der Waals surface area contributed by atoms with Crippen molar-refractivity contribution in [1.82, 2.24) is 14.3 Å². The SMILES string of the molecule is Cc1cn(C)c2cc(C(C)(C)c3cccc4c3c(C)nn4C)cc(C(C)(C)C)c12. The number of benzene rings is 2. The van der Waals surface area contributed by atoms with Crippen molar-refractivity contribution in [3.8, 4) is 0 Å². The van der Waals surface area contributed by atoms with Crippen LogP contribution in [0.1, 0.15) is 62.6 Å². The summed E-state index contributed by atoms with van der Waals surface area (Å²) in [7, 11) is 4.19. The second-order valence-electron chi connectivity index (χ2n) is 10.1. The van der Waals surface area contributed by atoms with Crippen LogP contribution in [-0.4, -0.2) is 14.3 Å². The first-order valence-electron chi connectivity index (χ1n) is 10.5. The van der Waals surface area contributed by atoms with Crippen LogP contribution in [0, 0.1) is 13.8 Å². The Morgan fingerprint density at radius 2 is 1.52 bits per heavy atom. The molecular weight excluding hydrogens is 354 g/mol. The van der Waals surface area contributed by atoms with E-state index in [9.17, 15) is 0 Å². The van der Waals surface area contributed by atoms with E-state index in [4.69, 9.17) is 5.10 Å². The lowest BCUT2D eigenvalue weighted by molar-refractivity contribution is 0.588. The van der Waals surface area contributed by atoms with Crippen LogP contribution in [0.3, 0.4) is 0 Å². The molecule has 2 aromatic heterocycles. The molecular formula is C26H33N3. The maximum absolute atomic E-state index is 4.69. The lowest BCUT2D eigenvalue weighted by Gasteiger charge is -2.30. The second-order valence-corrected chi connectivity index (χ2v) is 10.1. The molecule has 29 heavy (non-hydrogen) atoms. The van der Waals surface area contributed by atoms with E-state index in [-0.39, 0.29) is 10.8 Å². The maximum Gasteiger partial charge on any atom is 0.0685 e. The summed E-state index contributed by atoms with van der Waals surface area (Å²) in [4.78, 5) is 0. The lowest BCUT2D eigenvalue weighted by atomic mass is 9.73. The van der Waals surface area contributed by atoms with E-state index >= 15 is 0 Å². The number of fused-ring (bicyclic) bond motifs is 2. The average molecular weight is 388 g/mol. The molecule has 0 bridgehead atoms. The number of rotatable bonds is 2. The molecule has 4 aromatic rings. The number of hydrogen-bond donors (Lipinski definition) is 0. The van der Waals surface area contributed by atoms with Crippen molar-refractivity contribution in [2.45, 2.75) is 59.3 Å². The number of hydrogen-bond acceptors (Lipinski definition) is 1. The zero-order valence-corrected chi connectivity index (χ0v) is 19.3. The van der Waals surface area contributed by atoms with Gasteiger partial charge in [0.15, 0.2) is 0 Å². The minimum Gasteiger partial charge on any atom is -0.350 e. The molecule has 0 spiro atoms. The van der Waals surface area contributed by atoms with Crippen LogP contribution in [0.2, 0.25) is 0 Å². The van der Waals surface area contributed by atoms with Crippen molar-refractivity contribution in [2.75, 3.05) is 0 Å². The smallest absolute Gasteiger partial charge is 0.0685 e. The van der Waals surface area contributed by atoms with Crippen LogP contribution < -0.4 is 0 Å². The number of nitrogens with zero attached hydrogens (tertiary/aromatic N) is 3. The summed E-state index contributed by atoms with van der Waals surface area (Å²) in [5, 5.41) is 7.37. The van der Waals surface area contributed by atoms with Gasteiger partial charge in [-0.1, -0.05) is 52.8 Å². The summed E-state index contributed by atoms with van der Waals surface area (Å²) in [6, 6.07) is 11.4. The minimum absolute atomic E-state index is 0.0761. The van der Waals surface area contributed by atoms with Crippen molar-refractivity contribution >= 4 is 21.8 Å². The molecule has 3 nitrogen and oxygen atoms in total. The normalized spacial score (nSPS) is 13.0. The maximum atomic E-state index is 4.69. The quantitative estimate of drug-likeness (QED) is 0.395. The number of aromatic nitrogens is 3. The first-order valence-corrected chi connectivity index (χ1v) is 10.5. The summed E-state index contributed by atoms with van der Waals surface area (Å²) < 4.78 is 4.27. The zero-order chi connectivity index (χ0) is 21.3. The summed E-state index contributed by atoms with van der Waals surface area (Å²) >= 11 is 0. The van der Waals surface area contributed by atoms with Crippen LogP contribution in [0.5, 0.6) is 0 Å². The van der Waals surface area contributed by atoms with Gasteiger partial charge in [0.25, 0.3) is 0 Å². The summed E-state index contributed by atoms with van der Waals surface area (Å²) in [5.41, 5.74) is 9.00. The van der Waals surface area contributed by atoms with Crippen molar-refractivity contribution in [3.05, 3.63) is 64.5 Å². The highest BCUT2D eigenvalue weighted by Gasteiger charge is 2.30. The van der Waals surface area contributed by atoms with E-state index in [0.717, 1.165) is 5.69 Å². The Hall–Kier alpha value is -2.55. The third kappa shape index (κ3) is 2.90. The van der Waals surface area contributed by atoms with Crippen molar-refractivity contribution in [1.29, 1.82) is 0 Å². The Labute approximate surface area is 174 Å². The van der Waals surface area contributed by atoms with Crippen molar-refractivity contribution < 1.29 is 0 Å². The molecule has 4 rings (SSSR count). The second kappa shape index (κ2) is 6.22. The Kier molecular flexibility index (Phi) is 4.24. The lowest BCUT2D eigenvalue weighted by Crippen LogP contribution is -2.22. The summed E-state index contributed by atoms with van der Waals surface area (Å²) in [5.74, 6) is 0. The molecule has 2 aromatic carbocycles. The van der Waals surface area contributed by atoms with Gasteiger partial charge < -0.3 is 4.57 Å². The predicted octanol–water partition coefficient (Wildman–Crippen LogP) is 6.31. The summed E-state index contributed by atoms with van der Waals surface area (Å²) in [6.45, 7) is 16.0. The Morgan fingerprint density at radius 3 is 2.17 bits per heavy atom. The largest absolute Gasteiger partial charge is 0.350 e. The van der Waals surface area contributed by atoms with Crippen LogP contribution >= 0.6 is 0 Å². The molecule has 0 aliphatic heterocycles. The first-order chi connectivity index (χ1) is 13.4. The van der Waals surface area contributed by atoms with E-state index in [1.165, 1.54) is 44.1 Å². The van der Waals surface area contributed by atoms with Gasteiger partial charge in [-0.15, -0.1) is 0 Å². The molecule has 0 unspecified atom stereocenters.